The maximum Gasteiger partial charge on any atom is 0.355 e. The third kappa shape index (κ3) is 3.54. The number of hydrogen-bond donors (Lipinski definition) is 2. The number of nitrogens with zero attached hydrogens (tertiary/aromatic N) is 1. The summed E-state index contributed by atoms with van der Waals surface area (Å²) >= 11 is 1.56. The van der Waals surface area contributed by atoms with Gasteiger partial charge in [-0.05, 0) is 26.3 Å². The number of amides is 1. The van der Waals surface area contributed by atoms with Gasteiger partial charge >= 0.3 is 5.97 Å². The second-order valence-electron chi connectivity index (χ2n) is 4.78. The lowest BCUT2D eigenvalue weighted by molar-refractivity contribution is 0.0519. The van der Waals surface area contributed by atoms with Crippen molar-refractivity contribution in [1.82, 2.24) is 15.3 Å². The van der Waals surface area contributed by atoms with Crippen molar-refractivity contribution in [2.24, 2.45) is 0 Å². The van der Waals surface area contributed by atoms with E-state index in [-0.39, 0.29) is 5.91 Å². The Morgan fingerprint density at radius 2 is 2.18 bits per heavy atom. The lowest BCUT2D eigenvalue weighted by Crippen LogP contribution is -2.26. The van der Waals surface area contributed by atoms with E-state index in [4.69, 9.17) is 4.74 Å². The number of carbonyl (C=O) groups excluding carboxylic acids is 2. The number of H-pyrrole nitrogens is 1. The number of hydrogen-bond acceptors (Lipinski definition) is 5. The van der Waals surface area contributed by atoms with Crippen molar-refractivity contribution >= 4 is 23.2 Å². The maximum atomic E-state index is 12.3. The minimum absolute atomic E-state index is 0.196. The summed E-state index contributed by atoms with van der Waals surface area (Å²) in [4.78, 5) is 31.2. The highest BCUT2D eigenvalue weighted by molar-refractivity contribution is 7.09. The van der Waals surface area contributed by atoms with Gasteiger partial charge in [0.1, 0.15) is 5.69 Å². The number of carbonyl (C=O) groups is 2. The molecule has 2 N–H and O–H groups in total. The molecule has 0 aliphatic carbocycles. The highest BCUT2D eigenvalue weighted by Gasteiger charge is 2.22. The molecule has 0 bridgehead atoms. The summed E-state index contributed by atoms with van der Waals surface area (Å²) in [5.41, 5.74) is 2.11. The predicted octanol–water partition coefficient (Wildman–Crippen LogP) is 2.24. The van der Waals surface area contributed by atoms with Gasteiger partial charge in [0, 0.05) is 30.2 Å². The number of nitrogens with one attached hydrogen (secondary N) is 2. The van der Waals surface area contributed by atoms with Crippen LogP contribution in [0.3, 0.4) is 0 Å². The minimum Gasteiger partial charge on any atom is -0.461 e. The van der Waals surface area contributed by atoms with Crippen LogP contribution in [0.1, 0.15) is 44.0 Å². The number of aromatic nitrogens is 2. The van der Waals surface area contributed by atoms with Crippen molar-refractivity contribution in [2.45, 2.75) is 27.2 Å². The van der Waals surface area contributed by atoms with E-state index >= 15 is 0 Å². The molecule has 22 heavy (non-hydrogen) atoms. The molecule has 0 spiro atoms. The first-order chi connectivity index (χ1) is 10.5. The molecule has 0 aromatic carbocycles. The average molecular weight is 321 g/mol. The zero-order valence-corrected chi connectivity index (χ0v) is 13.7. The van der Waals surface area contributed by atoms with Gasteiger partial charge in [-0.25, -0.2) is 9.78 Å². The Balaban J connectivity index is 2.04. The summed E-state index contributed by atoms with van der Waals surface area (Å²) in [6.45, 7) is 6.06. The maximum absolute atomic E-state index is 12.3. The van der Waals surface area contributed by atoms with Crippen LogP contribution in [0, 0.1) is 13.8 Å². The Morgan fingerprint density at radius 1 is 1.41 bits per heavy atom. The molecule has 0 aliphatic heterocycles. The second kappa shape index (κ2) is 7.22. The number of ether oxygens (including phenoxy) is 1. The summed E-state index contributed by atoms with van der Waals surface area (Å²) in [6.07, 6.45) is 2.44. The largest absolute Gasteiger partial charge is 0.461 e. The zero-order chi connectivity index (χ0) is 16.1. The van der Waals surface area contributed by atoms with Crippen molar-refractivity contribution in [2.75, 3.05) is 13.2 Å². The smallest absolute Gasteiger partial charge is 0.355 e. The number of esters is 1. The molecule has 7 heteroatoms. The molecule has 2 aromatic heterocycles. The first-order valence-corrected chi connectivity index (χ1v) is 7.95. The standard InChI is InChI=1S/C15H19N3O3S/c1-4-21-15(20)13-9(2)12(10(3)18-13)14(19)17-6-5-11-16-7-8-22-11/h7-8,18H,4-6H2,1-3H3,(H,17,19). The first kappa shape index (κ1) is 16.2. The van der Waals surface area contributed by atoms with Gasteiger partial charge in [-0.1, -0.05) is 0 Å². The van der Waals surface area contributed by atoms with Gasteiger partial charge in [-0.15, -0.1) is 11.3 Å². The Morgan fingerprint density at radius 3 is 2.82 bits per heavy atom. The van der Waals surface area contributed by atoms with Crippen LogP contribution >= 0.6 is 11.3 Å². The Kier molecular flexibility index (Phi) is 5.32. The molecule has 0 unspecified atom stereocenters. The molecule has 2 rings (SSSR count). The van der Waals surface area contributed by atoms with E-state index in [2.05, 4.69) is 15.3 Å². The third-order valence-corrected chi connectivity index (χ3v) is 4.09. The molecular weight excluding hydrogens is 302 g/mol. The molecule has 6 nitrogen and oxygen atoms in total. The number of aryl methyl sites for hydroxylation is 1. The molecule has 0 atom stereocenters. The molecule has 0 aliphatic rings. The van der Waals surface area contributed by atoms with E-state index in [1.54, 1.807) is 38.3 Å². The molecule has 118 valence electrons. The lowest BCUT2D eigenvalue weighted by Gasteiger charge is -2.05. The normalized spacial score (nSPS) is 10.5. The SMILES string of the molecule is CCOC(=O)c1[nH]c(C)c(C(=O)NCCc2nccs2)c1C. The van der Waals surface area contributed by atoms with E-state index in [1.807, 2.05) is 5.38 Å². The fourth-order valence-electron chi connectivity index (χ4n) is 2.25. The van der Waals surface area contributed by atoms with Crippen LogP contribution in [-0.2, 0) is 11.2 Å². The molecule has 0 saturated heterocycles. The van der Waals surface area contributed by atoms with Crippen LogP contribution < -0.4 is 5.32 Å². The van der Waals surface area contributed by atoms with E-state index in [1.165, 1.54) is 0 Å². The zero-order valence-electron chi connectivity index (χ0n) is 12.9. The van der Waals surface area contributed by atoms with Gasteiger partial charge in [0.25, 0.3) is 5.91 Å². The van der Waals surface area contributed by atoms with Gasteiger partial charge in [-0.3, -0.25) is 4.79 Å². The van der Waals surface area contributed by atoms with Gasteiger partial charge < -0.3 is 15.0 Å². The molecule has 0 fully saturated rings. The number of thiazole rings is 1. The van der Waals surface area contributed by atoms with Gasteiger partial charge in [0.2, 0.25) is 0 Å². The lowest BCUT2D eigenvalue weighted by atomic mass is 10.1. The number of rotatable bonds is 6. The van der Waals surface area contributed by atoms with Gasteiger partial charge in [-0.2, -0.15) is 0 Å². The molecule has 2 aromatic rings. The highest BCUT2D eigenvalue weighted by atomic mass is 32.1. The Labute approximate surface area is 132 Å². The minimum atomic E-state index is -0.440. The highest BCUT2D eigenvalue weighted by Crippen LogP contribution is 2.18. The van der Waals surface area contributed by atoms with Crippen molar-refractivity contribution in [3.63, 3.8) is 0 Å². The van der Waals surface area contributed by atoms with E-state index in [0.29, 0.717) is 42.1 Å². The molecule has 1 amide bonds. The second-order valence-corrected chi connectivity index (χ2v) is 5.76. The van der Waals surface area contributed by atoms with Gasteiger partial charge in [0.15, 0.2) is 0 Å². The monoisotopic (exact) mass is 321 g/mol. The fourth-order valence-corrected chi connectivity index (χ4v) is 2.87. The van der Waals surface area contributed by atoms with Crippen LogP contribution in [0.15, 0.2) is 11.6 Å². The predicted molar refractivity (Wildman–Crippen MR) is 84.4 cm³/mol. The Bertz CT molecular complexity index is 662. The van der Waals surface area contributed by atoms with Crippen molar-refractivity contribution < 1.29 is 14.3 Å². The van der Waals surface area contributed by atoms with Gasteiger partial charge in [0.05, 0.1) is 17.2 Å². The van der Waals surface area contributed by atoms with Crippen LogP contribution in [0.25, 0.3) is 0 Å². The summed E-state index contributed by atoms with van der Waals surface area (Å²) < 4.78 is 4.98. The van der Waals surface area contributed by atoms with Crippen molar-refractivity contribution in [3.05, 3.63) is 39.1 Å². The molecule has 2 heterocycles. The van der Waals surface area contributed by atoms with E-state index in [9.17, 15) is 9.59 Å². The van der Waals surface area contributed by atoms with Crippen LogP contribution in [-0.4, -0.2) is 35.0 Å². The fraction of sp³-hybridized carbons (Fsp3) is 0.400. The van der Waals surface area contributed by atoms with Crippen LogP contribution in [0.5, 0.6) is 0 Å². The number of aromatic amines is 1. The van der Waals surface area contributed by atoms with Crippen molar-refractivity contribution in [3.8, 4) is 0 Å². The summed E-state index contributed by atoms with van der Waals surface area (Å²) in [7, 11) is 0. The molecule has 0 saturated carbocycles. The molecule has 0 radical (unpaired) electrons. The summed E-state index contributed by atoms with van der Waals surface area (Å²) in [6, 6.07) is 0. The van der Waals surface area contributed by atoms with Crippen LogP contribution in [0.2, 0.25) is 0 Å². The topological polar surface area (TPSA) is 84.1 Å². The molecular formula is C15H19N3O3S. The van der Waals surface area contributed by atoms with Crippen LogP contribution in [0.4, 0.5) is 0 Å². The summed E-state index contributed by atoms with van der Waals surface area (Å²) in [5.74, 6) is -0.636. The Hall–Kier alpha value is -2.15. The van der Waals surface area contributed by atoms with E-state index in [0.717, 1.165) is 5.01 Å². The first-order valence-electron chi connectivity index (χ1n) is 7.07. The quantitative estimate of drug-likeness (QED) is 0.799. The third-order valence-electron chi connectivity index (χ3n) is 3.25. The summed E-state index contributed by atoms with van der Waals surface area (Å²) in [5, 5.41) is 5.75. The van der Waals surface area contributed by atoms with Crippen molar-refractivity contribution in [1.29, 1.82) is 0 Å². The van der Waals surface area contributed by atoms with E-state index < -0.39 is 5.97 Å². The average Bonchev–Trinajstić information content (AvgIpc) is 3.07.